The summed E-state index contributed by atoms with van der Waals surface area (Å²) in [7, 11) is 1.70. The second kappa shape index (κ2) is 7.41. The maximum absolute atomic E-state index is 11.0. The van der Waals surface area contributed by atoms with Crippen molar-refractivity contribution in [3.8, 4) is 0 Å². The maximum atomic E-state index is 11.0. The van der Waals surface area contributed by atoms with Gasteiger partial charge in [-0.1, -0.05) is 30.7 Å². The van der Waals surface area contributed by atoms with Gasteiger partial charge in [0.2, 0.25) is 0 Å². The molecule has 1 atom stereocenters. The Kier molecular flexibility index (Phi) is 5.56. The number of carboxylic acids is 1. The molecule has 4 nitrogen and oxygen atoms in total. The van der Waals surface area contributed by atoms with Crippen molar-refractivity contribution in [3.63, 3.8) is 0 Å². The van der Waals surface area contributed by atoms with Crippen molar-refractivity contribution >= 4 is 5.97 Å². The van der Waals surface area contributed by atoms with Gasteiger partial charge in [-0.15, -0.1) is 0 Å². The molecular weight excluding hydrogens is 254 g/mol. The van der Waals surface area contributed by atoms with Crippen LogP contribution < -0.4 is 0 Å². The molecule has 0 spiro atoms. The molecule has 0 saturated carbocycles. The molecule has 0 radical (unpaired) electrons. The van der Waals surface area contributed by atoms with E-state index in [4.69, 9.17) is 9.84 Å². The predicted molar refractivity (Wildman–Crippen MR) is 77.5 cm³/mol. The van der Waals surface area contributed by atoms with Crippen molar-refractivity contribution in [2.45, 2.75) is 44.9 Å². The minimum atomic E-state index is -0.702. The van der Waals surface area contributed by atoms with Crippen molar-refractivity contribution in [2.24, 2.45) is 0 Å². The number of likely N-dealkylation sites (tertiary alicyclic amines) is 1. The van der Waals surface area contributed by atoms with Gasteiger partial charge in [-0.05, 0) is 30.5 Å². The Morgan fingerprint density at radius 2 is 2.10 bits per heavy atom. The van der Waals surface area contributed by atoms with Gasteiger partial charge in [-0.3, -0.25) is 9.69 Å². The minimum absolute atomic E-state index is 0.164. The van der Waals surface area contributed by atoms with Crippen LogP contribution in [0.3, 0.4) is 0 Å². The van der Waals surface area contributed by atoms with E-state index < -0.39 is 5.97 Å². The van der Waals surface area contributed by atoms with Gasteiger partial charge in [-0.2, -0.15) is 0 Å². The van der Waals surface area contributed by atoms with E-state index in [0.29, 0.717) is 6.61 Å². The third kappa shape index (κ3) is 4.05. The van der Waals surface area contributed by atoms with Crippen LogP contribution in [-0.4, -0.2) is 35.7 Å². The molecule has 0 amide bonds. The number of benzene rings is 1. The number of nitrogens with zero attached hydrogens (tertiary/aromatic N) is 1. The van der Waals surface area contributed by atoms with Crippen LogP contribution in [-0.2, 0) is 22.7 Å². The van der Waals surface area contributed by atoms with Crippen LogP contribution in [0.25, 0.3) is 0 Å². The molecule has 1 N–H and O–H groups in total. The van der Waals surface area contributed by atoms with Crippen molar-refractivity contribution in [2.75, 3.05) is 13.7 Å². The molecule has 0 aliphatic carbocycles. The van der Waals surface area contributed by atoms with Crippen molar-refractivity contribution < 1.29 is 14.6 Å². The van der Waals surface area contributed by atoms with Crippen LogP contribution in [0.4, 0.5) is 0 Å². The van der Waals surface area contributed by atoms with E-state index >= 15 is 0 Å². The first kappa shape index (κ1) is 15.0. The van der Waals surface area contributed by atoms with Gasteiger partial charge in [0.1, 0.15) is 0 Å². The third-order valence-corrected chi connectivity index (χ3v) is 3.95. The molecule has 0 aromatic heterocycles. The first-order chi connectivity index (χ1) is 9.70. The zero-order valence-corrected chi connectivity index (χ0v) is 12.0. The van der Waals surface area contributed by atoms with E-state index in [1.165, 1.54) is 11.1 Å². The molecule has 1 heterocycles. The Hall–Kier alpha value is -1.39. The molecule has 110 valence electrons. The molecule has 0 bridgehead atoms. The Morgan fingerprint density at radius 3 is 2.80 bits per heavy atom. The number of hydrogen-bond acceptors (Lipinski definition) is 3. The summed E-state index contributed by atoms with van der Waals surface area (Å²) in [6.07, 6.45) is 3.52. The Bertz CT molecular complexity index is 447. The molecule has 1 aliphatic rings. The highest BCUT2D eigenvalue weighted by Crippen LogP contribution is 2.23. The van der Waals surface area contributed by atoms with E-state index in [1.54, 1.807) is 7.11 Å². The Balaban J connectivity index is 2.08. The molecule has 20 heavy (non-hydrogen) atoms. The van der Waals surface area contributed by atoms with Gasteiger partial charge in [0.15, 0.2) is 0 Å². The topological polar surface area (TPSA) is 49.8 Å². The highest BCUT2D eigenvalue weighted by molar-refractivity contribution is 5.67. The van der Waals surface area contributed by atoms with Crippen LogP contribution in [0.5, 0.6) is 0 Å². The zero-order valence-electron chi connectivity index (χ0n) is 12.0. The van der Waals surface area contributed by atoms with Crippen LogP contribution >= 0.6 is 0 Å². The van der Waals surface area contributed by atoms with E-state index in [9.17, 15) is 4.79 Å². The van der Waals surface area contributed by atoms with Crippen LogP contribution in [0.15, 0.2) is 24.3 Å². The first-order valence-corrected chi connectivity index (χ1v) is 7.22. The van der Waals surface area contributed by atoms with Gasteiger partial charge in [0.05, 0.1) is 13.0 Å². The average molecular weight is 277 g/mol. The summed E-state index contributed by atoms with van der Waals surface area (Å²) in [6.45, 7) is 2.41. The van der Waals surface area contributed by atoms with Crippen molar-refractivity contribution in [3.05, 3.63) is 35.4 Å². The number of aliphatic carboxylic acids is 1. The summed E-state index contributed by atoms with van der Waals surface area (Å²) in [5.74, 6) is -0.702. The van der Waals surface area contributed by atoms with E-state index in [2.05, 4.69) is 17.0 Å². The molecule has 1 aromatic carbocycles. The van der Waals surface area contributed by atoms with E-state index in [1.807, 2.05) is 12.1 Å². The number of carboxylic acid groups (broad SMARTS) is 1. The minimum Gasteiger partial charge on any atom is -0.481 e. The van der Waals surface area contributed by atoms with Gasteiger partial charge in [0.25, 0.3) is 0 Å². The number of rotatable bonds is 6. The molecule has 2 rings (SSSR count). The summed E-state index contributed by atoms with van der Waals surface area (Å²) in [6, 6.07) is 8.40. The van der Waals surface area contributed by atoms with Crippen molar-refractivity contribution in [1.82, 2.24) is 4.90 Å². The third-order valence-electron chi connectivity index (χ3n) is 3.95. The van der Waals surface area contributed by atoms with Crippen molar-refractivity contribution in [1.29, 1.82) is 0 Å². The zero-order chi connectivity index (χ0) is 14.4. The Morgan fingerprint density at radius 1 is 1.35 bits per heavy atom. The van der Waals surface area contributed by atoms with Crippen LogP contribution in [0, 0.1) is 0 Å². The van der Waals surface area contributed by atoms with Gasteiger partial charge in [-0.25, -0.2) is 0 Å². The number of methoxy groups -OCH3 is 1. The standard InChI is InChI=1S/C16H23NO3/c1-20-12-14-7-3-2-6-13(14)11-17-9-5-4-8-15(17)10-16(18)19/h2-3,6-7,15H,4-5,8-12H2,1H3,(H,18,19). The number of carbonyl (C=O) groups is 1. The molecule has 1 aromatic rings. The number of hydrogen-bond donors (Lipinski definition) is 1. The molecule has 1 unspecified atom stereocenters. The van der Waals surface area contributed by atoms with Crippen LogP contribution in [0.1, 0.15) is 36.8 Å². The van der Waals surface area contributed by atoms with Gasteiger partial charge in [0, 0.05) is 19.7 Å². The van der Waals surface area contributed by atoms with E-state index in [-0.39, 0.29) is 12.5 Å². The molecule has 1 saturated heterocycles. The molecular formula is C16H23NO3. The lowest BCUT2D eigenvalue weighted by atomic mass is 9.97. The van der Waals surface area contributed by atoms with Gasteiger partial charge >= 0.3 is 5.97 Å². The highest BCUT2D eigenvalue weighted by Gasteiger charge is 2.25. The quantitative estimate of drug-likeness (QED) is 0.868. The van der Waals surface area contributed by atoms with Gasteiger partial charge < -0.3 is 9.84 Å². The number of ether oxygens (including phenoxy) is 1. The monoisotopic (exact) mass is 277 g/mol. The smallest absolute Gasteiger partial charge is 0.304 e. The first-order valence-electron chi connectivity index (χ1n) is 7.22. The fourth-order valence-corrected chi connectivity index (χ4v) is 2.93. The average Bonchev–Trinajstić information content (AvgIpc) is 2.43. The molecule has 1 aliphatic heterocycles. The lowest BCUT2D eigenvalue weighted by molar-refractivity contribution is -0.138. The number of piperidine rings is 1. The largest absolute Gasteiger partial charge is 0.481 e. The predicted octanol–water partition coefficient (Wildman–Crippen LogP) is 2.66. The normalized spacial score (nSPS) is 19.9. The molecule has 4 heteroatoms. The fourth-order valence-electron chi connectivity index (χ4n) is 2.93. The van der Waals surface area contributed by atoms with E-state index in [0.717, 1.165) is 32.4 Å². The molecule has 1 fully saturated rings. The summed E-state index contributed by atoms with van der Waals surface area (Å²) < 4.78 is 5.24. The SMILES string of the molecule is COCc1ccccc1CN1CCCCC1CC(=O)O. The fraction of sp³-hybridized carbons (Fsp3) is 0.562. The van der Waals surface area contributed by atoms with Crippen LogP contribution in [0.2, 0.25) is 0 Å². The summed E-state index contributed by atoms with van der Waals surface area (Å²) in [5.41, 5.74) is 2.43. The second-order valence-corrected chi connectivity index (χ2v) is 5.42. The Labute approximate surface area is 120 Å². The second-order valence-electron chi connectivity index (χ2n) is 5.42. The summed E-state index contributed by atoms with van der Waals surface area (Å²) >= 11 is 0. The lowest BCUT2D eigenvalue weighted by Crippen LogP contribution is -2.40. The highest BCUT2D eigenvalue weighted by atomic mass is 16.5. The summed E-state index contributed by atoms with van der Waals surface area (Å²) in [4.78, 5) is 13.3. The maximum Gasteiger partial charge on any atom is 0.304 e. The summed E-state index contributed by atoms with van der Waals surface area (Å²) in [5, 5.41) is 9.04. The lowest BCUT2D eigenvalue weighted by Gasteiger charge is -2.35.